The number of likely N-dealkylation sites (tertiary alicyclic amines) is 1. The van der Waals surface area contributed by atoms with Crippen molar-refractivity contribution < 1.29 is 4.79 Å². The molecule has 0 bridgehead atoms. The third kappa shape index (κ3) is 3.77. The maximum atomic E-state index is 13.0. The first-order chi connectivity index (χ1) is 11.2. The predicted molar refractivity (Wildman–Crippen MR) is 94.7 cm³/mol. The Kier molecular flexibility index (Phi) is 5.37. The van der Waals surface area contributed by atoms with Crippen LogP contribution in [-0.2, 0) is 6.42 Å². The molecule has 1 saturated heterocycles. The molecule has 0 radical (unpaired) electrons. The van der Waals surface area contributed by atoms with Crippen LogP contribution in [0.1, 0.15) is 60.9 Å². The zero-order chi connectivity index (χ0) is 16.1. The van der Waals surface area contributed by atoms with Crippen LogP contribution in [0.4, 0.5) is 0 Å². The summed E-state index contributed by atoms with van der Waals surface area (Å²) in [5.74, 6) is 0.238. The number of carbonyl (C=O) groups is 1. The Morgan fingerprint density at radius 3 is 2.48 bits per heavy atom. The molecule has 23 heavy (non-hydrogen) atoms. The third-order valence-electron chi connectivity index (χ3n) is 5.92. The molecule has 3 nitrogen and oxygen atoms in total. The number of piperidine rings is 1. The summed E-state index contributed by atoms with van der Waals surface area (Å²) in [6.45, 7) is 2.80. The van der Waals surface area contributed by atoms with E-state index in [1.54, 1.807) is 0 Å². The molecule has 126 valence electrons. The van der Waals surface area contributed by atoms with Crippen molar-refractivity contribution in [2.24, 2.45) is 5.41 Å². The summed E-state index contributed by atoms with van der Waals surface area (Å²) < 4.78 is 0. The van der Waals surface area contributed by atoms with Crippen LogP contribution in [0.2, 0.25) is 0 Å². The van der Waals surface area contributed by atoms with Crippen molar-refractivity contribution in [1.82, 2.24) is 10.2 Å². The zero-order valence-corrected chi connectivity index (χ0v) is 14.4. The van der Waals surface area contributed by atoms with E-state index in [9.17, 15) is 4.79 Å². The lowest BCUT2D eigenvalue weighted by molar-refractivity contribution is 0.0471. The molecule has 0 atom stereocenters. The molecule has 1 N–H and O–H groups in total. The molecular formula is C20H30N2O. The molecule has 1 amide bonds. The number of nitrogens with one attached hydrogen (secondary N) is 1. The summed E-state index contributed by atoms with van der Waals surface area (Å²) in [5, 5.41) is 3.18. The van der Waals surface area contributed by atoms with E-state index in [1.165, 1.54) is 50.5 Å². The van der Waals surface area contributed by atoms with Crippen molar-refractivity contribution in [3.8, 4) is 0 Å². The first-order valence-electron chi connectivity index (χ1n) is 9.26. The fraction of sp³-hybridized carbons (Fsp3) is 0.650. The van der Waals surface area contributed by atoms with Crippen LogP contribution in [0.5, 0.6) is 0 Å². The van der Waals surface area contributed by atoms with Crippen molar-refractivity contribution in [2.45, 2.75) is 51.4 Å². The average Bonchev–Trinajstić information content (AvgIpc) is 2.61. The van der Waals surface area contributed by atoms with Crippen LogP contribution in [0, 0.1) is 5.41 Å². The van der Waals surface area contributed by atoms with Crippen LogP contribution in [0.3, 0.4) is 0 Å². The number of nitrogens with zero attached hydrogens (tertiary/aromatic N) is 1. The Labute approximate surface area is 140 Å². The van der Waals surface area contributed by atoms with Gasteiger partial charge in [-0.15, -0.1) is 0 Å². The van der Waals surface area contributed by atoms with Gasteiger partial charge in [0, 0.05) is 18.7 Å². The second-order valence-electron chi connectivity index (χ2n) is 7.36. The quantitative estimate of drug-likeness (QED) is 0.920. The minimum absolute atomic E-state index is 0.238. The summed E-state index contributed by atoms with van der Waals surface area (Å²) >= 11 is 0. The number of rotatable bonds is 4. The fourth-order valence-electron chi connectivity index (χ4n) is 4.36. The second-order valence-corrected chi connectivity index (χ2v) is 7.36. The van der Waals surface area contributed by atoms with Crippen molar-refractivity contribution in [3.05, 3.63) is 35.4 Å². The van der Waals surface area contributed by atoms with Gasteiger partial charge in [0.15, 0.2) is 0 Å². The van der Waals surface area contributed by atoms with E-state index < -0.39 is 0 Å². The summed E-state index contributed by atoms with van der Waals surface area (Å²) in [4.78, 5) is 15.1. The SMILES string of the molecule is CNCCc1ccccc1C(=O)N1CCC2(CCCCC2)CC1. The second kappa shape index (κ2) is 7.48. The van der Waals surface area contributed by atoms with E-state index in [0.29, 0.717) is 5.41 Å². The van der Waals surface area contributed by atoms with Gasteiger partial charge in [0.1, 0.15) is 0 Å². The molecule has 1 aliphatic heterocycles. The van der Waals surface area contributed by atoms with E-state index in [-0.39, 0.29) is 5.91 Å². The van der Waals surface area contributed by atoms with E-state index >= 15 is 0 Å². The number of likely N-dealkylation sites (N-methyl/N-ethyl adjacent to an activating group) is 1. The summed E-state index contributed by atoms with van der Waals surface area (Å²) in [6, 6.07) is 8.12. The predicted octanol–water partition coefficient (Wildman–Crippen LogP) is 3.64. The summed E-state index contributed by atoms with van der Waals surface area (Å²) in [5.41, 5.74) is 2.63. The van der Waals surface area contributed by atoms with Crippen molar-refractivity contribution in [2.75, 3.05) is 26.7 Å². The van der Waals surface area contributed by atoms with E-state index in [1.807, 2.05) is 25.2 Å². The Hall–Kier alpha value is -1.35. The number of hydrogen-bond donors (Lipinski definition) is 1. The summed E-state index contributed by atoms with van der Waals surface area (Å²) in [6.07, 6.45) is 10.3. The van der Waals surface area contributed by atoms with Gasteiger partial charge < -0.3 is 10.2 Å². The minimum atomic E-state index is 0.238. The Balaban J connectivity index is 1.65. The molecule has 2 aliphatic rings. The van der Waals surface area contributed by atoms with Crippen molar-refractivity contribution >= 4 is 5.91 Å². The standard InChI is InChI=1S/C20H30N2O/c1-21-14-9-17-7-3-4-8-18(17)19(23)22-15-12-20(13-16-22)10-5-2-6-11-20/h3-4,7-8,21H,2,5-6,9-16H2,1H3. The topological polar surface area (TPSA) is 32.3 Å². The monoisotopic (exact) mass is 314 g/mol. The maximum Gasteiger partial charge on any atom is 0.254 e. The first-order valence-corrected chi connectivity index (χ1v) is 9.26. The Morgan fingerprint density at radius 2 is 1.78 bits per heavy atom. The van der Waals surface area contributed by atoms with Gasteiger partial charge in [-0.25, -0.2) is 0 Å². The van der Waals surface area contributed by atoms with Crippen LogP contribution in [0.15, 0.2) is 24.3 Å². The van der Waals surface area contributed by atoms with Gasteiger partial charge >= 0.3 is 0 Å². The van der Waals surface area contributed by atoms with Gasteiger partial charge in [-0.1, -0.05) is 37.5 Å². The van der Waals surface area contributed by atoms with Gasteiger partial charge in [0.25, 0.3) is 5.91 Å². The zero-order valence-electron chi connectivity index (χ0n) is 14.4. The number of amides is 1. The van der Waals surface area contributed by atoms with Gasteiger partial charge in [-0.3, -0.25) is 4.79 Å². The van der Waals surface area contributed by atoms with Crippen LogP contribution in [0.25, 0.3) is 0 Å². The third-order valence-corrected chi connectivity index (χ3v) is 5.92. The molecule has 1 saturated carbocycles. The molecule has 1 aromatic rings. The highest BCUT2D eigenvalue weighted by molar-refractivity contribution is 5.95. The van der Waals surface area contributed by atoms with Gasteiger partial charge in [-0.2, -0.15) is 0 Å². The molecule has 1 heterocycles. The van der Waals surface area contributed by atoms with Crippen molar-refractivity contribution in [3.63, 3.8) is 0 Å². The van der Waals surface area contributed by atoms with E-state index in [0.717, 1.165) is 31.6 Å². The lowest BCUT2D eigenvalue weighted by Crippen LogP contribution is -2.44. The molecule has 1 aromatic carbocycles. The highest BCUT2D eigenvalue weighted by Crippen LogP contribution is 2.44. The number of carbonyl (C=O) groups excluding carboxylic acids is 1. The first kappa shape index (κ1) is 16.5. The largest absolute Gasteiger partial charge is 0.339 e. The molecule has 0 aromatic heterocycles. The van der Waals surface area contributed by atoms with Crippen molar-refractivity contribution in [1.29, 1.82) is 0 Å². The maximum absolute atomic E-state index is 13.0. The molecule has 2 fully saturated rings. The van der Waals surface area contributed by atoms with Crippen LogP contribution in [-0.4, -0.2) is 37.5 Å². The molecule has 3 rings (SSSR count). The van der Waals surface area contributed by atoms with Gasteiger partial charge in [0.05, 0.1) is 0 Å². The Morgan fingerprint density at radius 1 is 1.09 bits per heavy atom. The van der Waals surface area contributed by atoms with Gasteiger partial charge in [-0.05, 0) is 62.7 Å². The highest BCUT2D eigenvalue weighted by atomic mass is 16.2. The smallest absolute Gasteiger partial charge is 0.254 e. The lowest BCUT2D eigenvalue weighted by atomic mass is 9.68. The van der Waals surface area contributed by atoms with E-state index in [4.69, 9.17) is 0 Å². The van der Waals surface area contributed by atoms with Crippen LogP contribution >= 0.6 is 0 Å². The minimum Gasteiger partial charge on any atom is -0.339 e. The lowest BCUT2D eigenvalue weighted by Gasteiger charge is -2.44. The normalized spacial score (nSPS) is 20.7. The average molecular weight is 314 g/mol. The molecular weight excluding hydrogens is 284 g/mol. The molecule has 0 unspecified atom stereocenters. The number of benzene rings is 1. The molecule has 3 heteroatoms. The highest BCUT2D eigenvalue weighted by Gasteiger charge is 2.36. The van der Waals surface area contributed by atoms with Gasteiger partial charge in [0.2, 0.25) is 0 Å². The molecule has 1 aliphatic carbocycles. The Bertz CT molecular complexity index is 524. The number of hydrogen-bond acceptors (Lipinski definition) is 2. The fourth-order valence-corrected chi connectivity index (χ4v) is 4.36. The summed E-state index contributed by atoms with van der Waals surface area (Å²) in [7, 11) is 1.96. The van der Waals surface area contributed by atoms with Crippen LogP contribution < -0.4 is 5.32 Å². The molecule has 1 spiro atoms. The van der Waals surface area contributed by atoms with E-state index in [2.05, 4.69) is 16.3 Å².